The van der Waals surface area contributed by atoms with Gasteiger partial charge in [-0.2, -0.15) is 0 Å². The number of benzene rings is 2. The van der Waals surface area contributed by atoms with Gasteiger partial charge in [-0.1, -0.05) is 24.3 Å². The van der Waals surface area contributed by atoms with E-state index < -0.39 is 5.97 Å². The minimum absolute atomic E-state index is 0.0836. The second-order valence-electron chi connectivity index (χ2n) is 4.91. The third-order valence-corrected chi connectivity index (χ3v) is 4.85. The topological polar surface area (TPSA) is 63.3 Å². The van der Waals surface area contributed by atoms with Crippen LogP contribution >= 0.6 is 11.8 Å². The van der Waals surface area contributed by atoms with Gasteiger partial charge in [0.05, 0.1) is 11.5 Å². The third kappa shape index (κ3) is 1.93. The summed E-state index contributed by atoms with van der Waals surface area (Å²) in [4.78, 5) is 17.0. The Kier molecular flexibility index (Phi) is 2.75. The molecule has 0 spiro atoms. The molecule has 1 aliphatic heterocycles. The molecule has 4 rings (SSSR count). The highest BCUT2D eigenvalue weighted by Gasteiger charge is 2.29. The number of oxazole rings is 1. The maximum atomic E-state index is 11.3. The molecule has 0 saturated carbocycles. The van der Waals surface area contributed by atoms with Gasteiger partial charge in [0.15, 0.2) is 5.58 Å². The average Bonchev–Trinajstić information content (AvgIpc) is 3.09. The maximum absolute atomic E-state index is 11.3. The molecule has 3 aromatic rings. The summed E-state index contributed by atoms with van der Waals surface area (Å²) in [5.74, 6) is 0.562. The third-order valence-electron chi connectivity index (χ3n) is 3.66. The van der Waals surface area contributed by atoms with Crippen LogP contribution in [0.4, 0.5) is 0 Å². The molecule has 1 aliphatic rings. The van der Waals surface area contributed by atoms with Crippen molar-refractivity contribution >= 4 is 28.8 Å². The van der Waals surface area contributed by atoms with E-state index in [0.717, 1.165) is 5.75 Å². The van der Waals surface area contributed by atoms with Crippen molar-refractivity contribution in [2.45, 2.75) is 10.8 Å². The summed E-state index contributed by atoms with van der Waals surface area (Å²) in [5, 5.41) is 9.23. The van der Waals surface area contributed by atoms with Crippen LogP contribution in [0.15, 0.2) is 51.8 Å². The number of carbonyl (C=O) groups is 1. The number of rotatable bonds is 2. The average molecular weight is 297 g/mol. The van der Waals surface area contributed by atoms with E-state index in [2.05, 4.69) is 17.1 Å². The van der Waals surface area contributed by atoms with E-state index in [9.17, 15) is 9.90 Å². The molecule has 5 heteroatoms. The van der Waals surface area contributed by atoms with Gasteiger partial charge in [-0.15, -0.1) is 11.8 Å². The zero-order valence-electron chi connectivity index (χ0n) is 10.9. The maximum Gasteiger partial charge on any atom is 0.338 e. The van der Waals surface area contributed by atoms with E-state index in [4.69, 9.17) is 4.42 Å². The number of hydrogen-bond donors (Lipinski definition) is 1. The van der Waals surface area contributed by atoms with Crippen LogP contribution in [0.25, 0.3) is 11.1 Å². The van der Waals surface area contributed by atoms with Crippen molar-refractivity contribution in [1.29, 1.82) is 0 Å². The Labute approximate surface area is 124 Å². The van der Waals surface area contributed by atoms with E-state index in [0.29, 0.717) is 17.0 Å². The zero-order valence-corrected chi connectivity index (χ0v) is 11.8. The summed E-state index contributed by atoms with van der Waals surface area (Å²) in [6.07, 6.45) is 0. The number of nitrogens with zero attached hydrogens (tertiary/aromatic N) is 1. The summed E-state index contributed by atoms with van der Waals surface area (Å²) in [6, 6.07) is 13.2. The number of carboxylic acids is 1. The number of para-hydroxylation sites is 1. The molecule has 1 N–H and O–H groups in total. The van der Waals surface area contributed by atoms with E-state index >= 15 is 0 Å². The van der Waals surface area contributed by atoms with Crippen molar-refractivity contribution in [3.05, 3.63) is 59.5 Å². The molecule has 0 radical (unpaired) electrons. The second-order valence-corrected chi connectivity index (χ2v) is 5.97. The van der Waals surface area contributed by atoms with E-state index in [1.54, 1.807) is 30.0 Å². The van der Waals surface area contributed by atoms with Crippen molar-refractivity contribution in [3.63, 3.8) is 0 Å². The number of carboxylic acid groups (broad SMARTS) is 1. The number of thioether (sulfide) groups is 1. The van der Waals surface area contributed by atoms with E-state index in [1.807, 2.05) is 12.1 Å². The van der Waals surface area contributed by atoms with Gasteiger partial charge in [0.2, 0.25) is 5.89 Å². The van der Waals surface area contributed by atoms with Crippen LogP contribution < -0.4 is 0 Å². The Bertz CT molecular complexity index is 856. The second kappa shape index (κ2) is 4.63. The lowest BCUT2D eigenvalue weighted by Gasteiger charge is -2.04. The Morgan fingerprint density at radius 1 is 1.24 bits per heavy atom. The predicted octanol–water partition coefficient (Wildman–Crippen LogP) is 3.76. The zero-order chi connectivity index (χ0) is 14.4. The summed E-state index contributed by atoms with van der Waals surface area (Å²) in [6.45, 7) is 0. The molecule has 1 aromatic heterocycles. The van der Waals surface area contributed by atoms with Gasteiger partial charge in [0.25, 0.3) is 0 Å². The van der Waals surface area contributed by atoms with Crippen LogP contribution in [-0.4, -0.2) is 21.8 Å². The van der Waals surface area contributed by atoms with Crippen LogP contribution in [0.2, 0.25) is 0 Å². The molecule has 0 saturated heterocycles. The fourth-order valence-electron chi connectivity index (χ4n) is 2.65. The Hall–Kier alpha value is -2.27. The minimum atomic E-state index is -0.985. The van der Waals surface area contributed by atoms with Gasteiger partial charge in [0.1, 0.15) is 5.52 Å². The highest BCUT2D eigenvalue weighted by molar-refractivity contribution is 7.99. The van der Waals surface area contributed by atoms with Gasteiger partial charge in [-0.3, -0.25) is 0 Å². The fourth-order valence-corrected chi connectivity index (χ4v) is 3.87. The van der Waals surface area contributed by atoms with Gasteiger partial charge in [0, 0.05) is 10.6 Å². The van der Waals surface area contributed by atoms with Crippen LogP contribution in [-0.2, 0) is 0 Å². The molecule has 0 amide bonds. The summed E-state index contributed by atoms with van der Waals surface area (Å²) < 4.78 is 5.81. The molecule has 4 nitrogen and oxygen atoms in total. The van der Waals surface area contributed by atoms with Crippen LogP contribution in [0.3, 0.4) is 0 Å². The molecule has 2 aromatic carbocycles. The van der Waals surface area contributed by atoms with Gasteiger partial charge in [-0.05, 0) is 23.8 Å². The number of aromatic carboxylic acids is 1. The largest absolute Gasteiger partial charge is 0.478 e. The number of fused-ring (bicyclic) bond motifs is 2. The predicted molar refractivity (Wildman–Crippen MR) is 80.0 cm³/mol. The Morgan fingerprint density at radius 3 is 2.95 bits per heavy atom. The Balaban J connectivity index is 1.86. The summed E-state index contributed by atoms with van der Waals surface area (Å²) >= 11 is 1.77. The van der Waals surface area contributed by atoms with Gasteiger partial charge >= 0.3 is 5.97 Å². The molecule has 1 unspecified atom stereocenters. The van der Waals surface area contributed by atoms with E-state index in [-0.39, 0.29) is 11.5 Å². The molecule has 1 atom stereocenters. The first-order valence-electron chi connectivity index (χ1n) is 6.58. The molecule has 2 heterocycles. The highest BCUT2D eigenvalue weighted by Crippen LogP contribution is 2.43. The lowest BCUT2D eigenvalue weighted by Crippen LogP contribution is -2.00. The fraction of sp³-hybridized carbons (Fsp3) is 0.125. The molecule has 0 aliphatic carbocycles. The first-order valence-corrected chi connectivity index (χ1v) is 7.57. The van der Waals surface area contributed by atoms with Crippen LogP contribution in [0.1, 0.15) is 27.7 Å². The standard InChI is InChI=1S/C16H11NO3S/c18-16(19)10-5-3-6-12-14(10)17-15(20-12)11-8-21-13-7-2-1-4-9(11)13/h1-7,11H,8H2,(H,18,19). The first kappa shape index (κ1) is 12.5. The monoisotopic (exact) mass is 297 g/mol. The normalized spacial score (nSPS) is 17.0. The van der Waals surface area contributed by atoms with Crippen molar-refractivity contribution in [1.82, 2.24) is 4.98 Å². The molecular weight excluding hydrogens is 286 g/mol. The quantitative estimate of drug-likeness (QED) is 0.780. The van der Waals surface area contributed by atoms with Crippen molar-refractivity contribution in [2.75, 3.05) is 5.75 Å². The van der Waals surface area contributed by atoms with Crippen molar-refractivity contribution in [2.24, 2.45) is 0 Å². The summed E-state index contributed by atoms with van der Waals surface area (Å²) in [7, 11) is 0. The molecule has 21 heavy (non-hydrogen) atoms. The molecule has 0 bridgehead atoms. The SMILES string of the molecule is O=C(O)c1cccc2oc(C3CSc4ccccc43)nc12. The lowest BCUT2D eigenvalue weighted by molar-refractivity contribution is 0.0699. The molecular formula is C16H11NO3S. The lowest BCUT2D eigenvalue weighted by atomic mass is 10.0. The highest BCUT2D eigenvalue weighted by atomic mass is 32.2. The smallest absolute Gasteiger partial charge is 0.338 e. The summed E-state index contributed by atoms with van der Waals surface area (Å²) in [5.41, 5.74) is 2.33. The first-order chi connectivity index (χ1) is 10.2. The minimum Gasteiger partial charge on any atom is -0.478 e. The number of aromatic nitrogens is 1. The number of hydrogen-bond acceptors (Lipinski definition) is 4. The molecule has 104 valence electrons. The van der Waals surface area contributed by atoms with Crippen molar-refractivity contribution < 1.29 is 14.3 Å². The molecule has 0 fully saturated rings. The van der Waals surface area contributed by atoms with Crippen LogP contribution in [0, 0.1) is 0 Å². The van der Waals surface area contributed by atoms with E-state index in [1.165, 1.54) is 10.5 Å². The van der Waals surface area contributed by atoms with Crippen LogP contribution in [0.5, 0.6) is 0 Å². The van der Waals surface area contributed by atoms with Crippen molar-refractivity contribution in [3.8, 4) is 0 Å². The van der Waals surface area contributed by atoms with Gasteiger partial charge in [-0.25, -0.2) is 9.78 Å². The Morgan fingerprint density at radius 2 is 2.10 bits per heavy atom. The van der Waals surface area contributed by atoms with Gasteiger partial charge < -0.3 is 9.52 Å².